The van der Waals surface area contributed by atoms with Gasteiger partial charge in [0.25, 0.3) is 0 Å². The number of aromatic nitrogens is 2. The van der Waals surface area contributed by atoms with E-state index in [0.717, 1.165) is 8.95 Å². The zero-order valence-electron chi connectivity index (χ0n) is 11.1. The lowest BCUT2D eigenvalue weighted by molar-refractivity contribution is -0.385. The first-order valence-corrected chi connectivity index (χ1v) is 7.44. The zero-order chi connectivity index (χ0) is 15.6. The molecule has 0 unspecified atom stereocenters. The molecule has 1 aromatic carbocycles. The minimum atomic E-state index is -0.496. The molecule has 0 aliphatic heterocycles. The van der Waals surface area contributed by atoms with Gasteiger partial charge in [0.15, 0.2) is 0 Å². The Labute approximate surface area is 137 Å². The van der Waals surface area contributed by atoms with Gasteiger partial charge in [-0.25, -0.2) is 4.98 Å². The summed E-state index contributed by atoms with van der Waals surface area (Å²) in [7, 11) is 1.65. The lowest BCUT2D eigenvalue weighted by atomic mass is 10.3. The highest BCUT2D eigenvalue weighted by Gasteiger charge is 2.22. The zero-order valence-corrected chi connectivity index (χ0v) is 14.3. The van der Waals surface area contributed by atoms with E-state index < -0.39 is 4.92 Å². The molecule has 0 fully saturated rings. The quantitative estimate of drug-likeness (QED) is 0.577. The van der Waals surface area contributed by atoms with Crippen LogP contribution < -0.4 is 10.6 Å². The van der Waals surface area contributed by atoms with Crippen LogP contribution in [0.15, 0.2) is 27.1 Å². The Morgan fingerprint density at radius 1 is 1.29 bits per heavy atom. The van der Waals surface area contributed by atoms with Gasteiger partial charge in [-0.3, -0.25) is 10.1 Å². The van der Waals surface area contributed by atoms with Crippen LogP contribution in [0.3, 0.4) is 0 Å². The van der Waals surface area contributed by atoms with Crippen molar-refractivity contribution in [1.82, 2.24) is 9.97 Å². The van der Waals surface area contributed by atoms with Gasteiger partial charge in [-0.1, -0.05) is 15.9 Å². The van der Waals surface area contributed by atoms with E-state index in [4.69, 9.17) is 0 Å². The Balaban J connectivity index is 2.51. The highest BCUT2D eigenvalue weighted by molar-refractivity contribution is 9.11. The number of aryl methyl sites for hydroxylation is 1. The minimum absolute atomic E-state index is 0.139. The second-order valence-corrected chi connectivity index (χ2v) is 5.86. The van der Waals surface area contributed by atoms with Crippen molar-refractivity contribution in [3.05, 3.63) is 43.0 Å². The average Bonchev–Trinajstić information content (AvgIpc) is 2.40. The number of rotatable bonds is 4. The van der Waals surface area contributed by atoms with Crippen LogP contribution >= 0.6 is 31.9 Å². The first kappa shape index (κ1) is 15.6. The van der Waals surface area contributed by atoms with Gasteiger partial charge in [-0.05, 0) is 41.1 Å². The van der Waals surface area contributed by atoms with Gasteiger partial charge < -0.3 is 10.6 Å². The average molecular weight is 417 g/mol. The Kier molecular flexibility index (Phi) is 4.73. The largest absolute Gasteiger partial charge is 0.357 e. The molecule has 21 heavy (non-hydrogen) atoms. The van der Waals surface area contributed by atoms with Gasteiger partial charge in [-0.15, -0.1) is 0 Å². The smallest absolute Gasteiger partial charge is 0.332 e. The maximum Gasteiger partial charge on any atom is 0.332 e. The van der Waals surface area contributed by atoms with E-state index in [0.29, 0.717) is 11.6 Å². The van der Waals surface area contributed by atoms with Gasteiger partial charge in [0.05, 0.1) is 10.6 Å². The molecule has 0 amide bonds. The van der Waals surface area contributed by atoms with E-state index in [1.165, 1.54) is 0 Å². The van der Waals surface area contributed by atoms with E-state index in [1.807, 2.05) is 12.1 Å². The van der Waals surface area contributed by atoms with Crippen LogP contribution in [0.2, 0.25) is 0 Å². The molecule has 0 saturated heterocycles. The third kappa shape index (κ3) is 3.48. The molecule has 0 atom stereocenters. The summed E-state index contributed by atoms with van der Waals surface area (Å²) in [6.07, 6.45) is 0. The molecule has 0 aliphatic rings. The topological polar surface area (TPSA) is 93.0 Å². The monoisotopic (exact) mass is 415 g/mol. The first-order valence-electron chi connectivity index (χ1n) is 5.85. The third-order valence-electron chi connectivity index (χ3n) is 2.65. The number of hydrogen-bond donors (Lipinski definition) is 2. The molecule has 1 heterocycles. The number of nitrogens with zero attached hydrogens (tertiary/aromatic N) is 3. The molecule has 0 radical (unpaired) electrons. The van der Waals surface area contributed by atoms with Crippen LogP contribution in [-0.2, 0) is 0 Å². The number of hydrogen-bond acceptors (Lipinski definition) is 6. The van der Waals surface area contributed by atoms with E-state index in [-0.39, 0.29) is 17.2 Å². The molecule has 0 aliphatic carbocycles. The number of benzene rings is 1. The maximum absolute atomic E-state index is 11.2. The molecule has 2 rings (SSSR count). The van der Waals surface area contributed by atoms with Crippen molar-refractivity contribution >= 4 is 55.0 Å². The fourth-order valence-electron chi connectivity index (χ4n) is 1.70. The van der Waals surface area contributed by atoms with Gasteiger partial charge >= 0.3 is 5.69 Å². The maximum atomic E-state index is 11.2. The predicted molar refractivity (Wildman–Crippen MR) is 88.1 cm³/mol. The van der Waals surface area contributed by atoms with Gasteiger partial charge in [0.2, 0.25) is 11.8 Å². The molecule has 1 aromatic heterocycles. The van der Waals surface area contributed by atoms with Crippen LogP contribution in [0, 0.1) is 17.0 Å². The molecule has 0 saturated carbocycles. The summed E-state index contributed by atoms with van der Waals surface area (Å²) in [5.41, 5.74) is 0.806. The fraction of sp³-hybridized carbons (Fsp3) is 0.167. The second-order valence-electron chi connectivity index (χ2n) is 4.09. The summed E-state index contributed by atoms with van der Waals surface area (Å²) in [6, 6.07) is 5.45. The van der Waals surface area contributed by atoms with Crippen LogP contribution in [0.25, 0.3) is 0 Å². The van der Waals surface area contributed by atoms with Crippen molar-refractivity contribution in [3.63, 3.8) is 0 Å². The summed E-state index contributed by atoms with van der Waals surface area (Å²) in [4.78, 5) is 18.9. The van der Waals surface area contributed by atoms with Crippen molar-refractivity contribution in [2.75, 3.05) is 17.7 Å². The van der Waals surface area contributed by atoms with Gasteiger partial charge in [0.1, 0.15) is 5.69 Å². The summed E-state index contributed by atoms with van der Waals surface area (Å²) in [6.45, 7) is 1.57. The SMILES string of the molecule is CNc1nc(C)c([N+](=O)[O-])c(Nc2ccc(Br)cc2Br)n1. The van der Waals surface area contributed by atoms with Crippen molar-refractivity contribution in [2.45, 2.75) is 6.92 Å². The molecule has 2 aromatic rings. The molecule has 9 heteroatoms. The van der Waals surface area contributed by atoms with E-state index >= 15 is 0 Å². The fourth-order valence-corrected chi connectivity index (χ4v) is 2.85. The molecular weight excluding hydrogens is 406 g/mol. The molecule has 110 valence electrons. The third-order valence-corrected chi connectivity index (χ3v) is 3.80. The summed E-state index contributed by atoms with van der Waals surface area (Å²) < 4.78 is 1.65. The summed E-state index contributed by atoms with van der Waals surface area (Å²) in [5, 5.41) is 17.0. The van der Waals surface area contributed by atoms with E-state index in [1.54, 1.807) is 20.0 Å². The molecule has 0 spiro atoms. The second kappa shape index (κ2) is 6.35. The van der Waals surface area contributed by atoms with E-state index in [2.05, 4.69) is 52.5 Å². The highest BCUT2D eigenvalue weighted by Crippen LogP contribution is 2.33. The summed E-state index contributed by atoms with van der Waals surface area (Å²) >= 11 is 6.75. The van der Waals surface area contributed by atoms with Crippen molar-refractivity contribution < 1.29 is 4.92 Å². The lowest BCUT2D eigenvalue weighted by Crippen LogP contribution is -2.07. The first-order chi connectivity index (χ1) is 9.92. The van der Waals surface area contributed by atoms with Gasteiger partial charge in [-0.2, -0.15) is 4.98 Å². The van der Waals surface area contributed by atoms with Crippen LogP contribution in [0.5, 0.6) is 0 Å². The Morgan fingerprint density at radius 2 is 2.00 bits per heavy atom. The van der Waals surface area contributed by atoms with Crippen molar-refractivity contribution in [2.24, 2.45) is 0 Å². The number of halogens is 2. The van der Waals surface area contributed by atoms with Crippen molar-refractivity contribution in [1.29, 1.82) is 0 Å². The normalized spacial score (nSPS) is 10.3. The molecule has 2 N–H and O–H groups in total. The molecule has 7 nitrogen and oxygen atoms in total. The standard InChI is InChI=1S/C12H11Br2N5O2/c1-6-10(19(20)21)11(18-12(15-2)16-6)17-9-4-3-7(13)5-8(9)14/h3-5H,1-2H3,(H2,15,16,17,18). The lowest BCUT2D eigenvalue weighted by Gasteiger charge is -2.11. The summed E-state index contributed by atoms with van der Waals surface area (Å²) in [5.74, 6) is 0.453. The highest BCUT2D eigenvalue weighted by atomic mass is 79.9. The van der Waals surface area contributed by atoms with Crippen LogP contribution in [0.4, 0.5) is 23.1 Å². The Morgan fingerprint density at radius 3 is 2.57 bits per heavy atom. The van der Waals surface area contributed by atoms with Crippen molar-refractivity contribution in [3.8, 4) is 0 Å². The molecular formula is C12H11Br2N5O2. The Hall–Kier alpha value is -1.74. The number of nitrogens with one attached hydrogen (secondary N) is 2. The minimum Gasteiger partial charge on any atom is -0.357 e. The van der Waals surface area contributed by atoms with Crippen LogP contribution in [0.1, 0.15) is 5.69 Å². The Bertz CT molecular complexity index is 708. The predicted octanol–water partition coefficient (Wildman–Crippen LogP) is 4.00. The molecule has 0 bridgehead atoms. The van der Waals surface area contributed by atoms with Gasteiger partial charge in [0, 0.05) is 16.0 Å². The number of anilines is 3. The van der Waals surface area contributed by atoms with E-state index in [9.17, 15) is 10.1 Å². The van der Waals surface area contributed by atoms with Crippen LogP contribution in [-0.4, -0.2) is 21.9 Å². The number of nitro groups is 1.